The molecule has 0 aliphatic rings. The van der Waals surface area contributed by atoms with E-state index in [1.54, 1.807) is 12.1 Å². The molecule has 0 fully saturated rings. The number of hydrogen-bond acceptors (Lipinski definition) is 5. The molecule has 126 valence electrons. The van der Waals surface area contributed by atoms with Crippen molar-refractivity contribution in [2.24, 2.45) is 0 Å². The normalized spacial score (nSPS) is 9.64. The summed E-state index contributed by atoms with van der Waals surface area (Å²) in [7, 11) is 1.22. The van der Waals surface area contributed by atoms with Crippen molar-refractivity contribution in [1.29, 1.82) is 5.26 Å². The number of nitrogens with zero attached hydrogens (tertiary/aromatic N) is 1. The summed E-state index contributed by atoms with van der Waals surface area (Å²) in [5.41, 5.74) is 0.903. The van der Waals surface area contributed by atoms with Crippen LogP contribution < -0.4 is 10.6 Å². The van der Waals surface area contributed by atoms with Gasteiger partial charge in [0.2, 0.25) is 0 Å². The van der Waals surface area contributed by atoms with Crippen LogP contribution in [0.15, 0.2) is 42.5 Å². The van der Waals surface area contributed by atoms with Gasteiger partial charge in [0.15, 0.2) is 0 Å². The summed E-state index contributed by atoms with van der Waals surface area (Å²) < 4.78 is 4.58. The van der Waals surface area contributed by atoms with Crippen LogP contribution in [-0.2, 0) is 14.3 Å². The summed E-state index contributed by atoms with van der Waals surface area (Å²) in [5, 5.41) is 13.7. The lowest BCUT2D eigenvalue weighted by Gasteiger charge is -2.09. The number of benzene rings is 2. The summed E-state index contributed by atoms with van der Waals surface area (Å²) >= 11 is 5.96. The maximum absolute atomic E-state index is 12.0. The zero-order valence-corrected chi connectivity index (χ0v) is 13.8. The molecule has 0 saturated heterocycles. The van der Waals surface area contributed by atoms with Gasteiger partial charge >= 0.3 is 17.8 Å². The van der Waals surface area contributed by atoms with E-state index in [9.17, 15) is 14.4 Å². The van der Waals surface area contributed by atoms with E-state index >= 15 is 0 Å². The number of carbonyl (C=O) groups excluding carboxylic acids is 3. The third kappa shape index (κ3) is 4.56. The number of hydrogen-bond donors (Lipinski definition) is 2. The molecule has 2 rings (SSSR count). The second kappa shape index (κ2) is 7.95. The van der Waals surface area contributed by atoms with Gasteiger partial charge in [0.25, 0.3) is 0 Å². The first-order chi connectivity index (χ1) is 11.9. The molecule has 7 nitrogen and oxygen atoms in total. The van der Waals surface area contributed by atoms with Crippen LogP contribution in [0.2, 0.25) is 5.02 Å². The topological polar surface area (TPSA) is 108 Å². The minimum atomic E-state index is -0.980. The Morgan fingerprint density at radius 3 is 2.48 bits per heavy atom. The van der Waals surface area contributed by atoms with E-state index in [1.165, 1.54) is 37.4 Å². The fourth-order valence-electron chi connectivity index (χ4n) is 1.90. The van der Waals surface area contributed by atoms with E-state index in [0.29, 0.717) is 11.3 Å². The summed E-state index contributed by atoms with van der Waals surface area (Å²) in [5.74, 6) is -2.54. The predicted octanol–water partition coefficient (Wildman–Crippen LogP) is 2.58. The van der Waals surface area contributed by atoms with Gasteiger partial charge in [-0.05, 0) is 36.4 Å². The van der Waals surface area contributed by atoms with Gasteiger partial charge in [0.1, 0.15) is 0 Å². The van der Waals surface area contributed by atoms with Crippen molar-refractivity contribution in [3.05, 3.63) is 58.6 Å². The Hall–Kier alpha value is -3.37. The minimum absolute atomic E-state index is 0.0930. The van der Waals surface area contributed by atoms with Gasteiger partial charge in [-0.15, -0.1) is 0 Å². The van der Waals surface area contributed by atoms with E-state index in [-0.39, 0.29) is 16.3 Å². The van der Waals surface area contributed by atoms with Crippen molar-refractivity contribution in [1.82, 2.24) is 0 Å². The van der Waals surface area contributed by atoms with Gasteiger partial charge in [0.05, 0.1) is 35.0 Å². The van der Waals surface area contributed by atoms with Gasteiger partial charge in [0, 0.05) is 5.69 Å². The van der Waals surface area contributed by atoms with Gasteiger partial charge in [-0.25, -0.2) is 4.79 Å². The molecule has 2 aromatic carbocycles. The molecule has 0 atom stereocenters. The van der Waals surface area contributed by atoms with Crippen LogP contribution in [0, 0.1) is 11.3 Å². The molecule has 2 N–H and O–H groups in total. The molecule has 0 aromatic heterocycles. The number of halogens is 1. The molecule has 2 amide bonds. The molecule has 0 heterocycles. The standard InChI is InChI=1S/C17H12ClN3O4/c1-25-17(24)11-5-6-13(18)14(8-11)21-16(23)15(22)20-12-4-2-3-10(7-12)9-19/h2-8H,1H3,(H,20,22)(H,21,23). The average Bonchev–Trinajstić information content (AvgIpc) is 2.62. The number of nitriles is 1. The first-order valence-electron chi connectivity index (χ1n) is 6.95. The van der Waals surface area contributed by atoms with E-state index in [0.717, 1.165) is 0 Å². The molecule has 25 heavy (non-hydrogen) atoms. The Bertz CT molecular complexity index is 890. The summed E-state index contributed by atoms with van der Waals surface area (Å²) in [4.78, 5) is 35.5. The van der Waals surface area contributed by atoms with Crippen LogP contribution in [0.5, 0.6) is 0 Å². The lowest BCUT2D eigenvalue weighted by molar-refractivity contribution is -0.132. The van der Waals surface area contributed by atoms with Gasteiger partial charge in [-0.1, -0.05) is 17.7 Å². The highest BCUT2D eigenvalue weighted by Gasteiger charge is 2.17. The molecule has 0 bridgehead atoms. The quantitative estimate of drug-likeness (QED) is 0.648. The highest BCUT2D eigenvalue weighted by atomic mass is 35.5. The molecule has 2 aromatic rings. The van der Waals surface area contributed by atoms with Crippen LogP contribution in [-0.4, -0.2) is 24.9 Å². The third-order valence-electron chi connectivity index (χ3n) is 3.09. The largest absolute Gasteiger partial charge is 0.465 e. The number of ether oxygens (including phenoxy) is 1. The van der Waals surface area contributed by atoms with E-state index in [4.69, 9.17) is 16.9 Å². The second-order valence-electron chi connectivity index (χ2n) is 4.79. The van der Waals surface area contributed by atoms with Crippen molar-refractivity contribution >= 4 is 40.8 Å². The highest BCUT2D eigenvalue weighted by molar-refractivity contribution is 6.44. The Morgan fingerprint density at radius 1 is 1.08 bits per heavy atom. The maximum Gasteiger partial charge on any atom is 0.337 e. The molecule has 0 aliphatic carbocycles. The molecule has 0 aliphatic heterocycles. The Labute approximate surface area is 148 Å². The summed E-state index contributed by atoms with van der Waals surface area (Å²) in [6.07, 6.45) is 0. The van der Waals surface area contributed by atoms with Crippen molar-refractivity contribution in [3.8, 4) is 6.07 Å². The van der Waals surface area contributed by atoms with Crippen LogP contribution in [0.3, 0.4) is 0 Å². The number of carbonyl (C=O) groups is 3. The lowest BCUT2D eigenvalue weighted by atomic mass is 10.2. The zero-order chi connectivity index (χ0) is 18.4. The first kappa shape index (κ1) is 18.0. The van der Waals surface area contributed by atoms with Gasteiger partial charge < -0.3 is 15.4 Å². The number of anilines is 2. The average molecular weight is 358 g/mol. The maximum atomic E-state index is 12.0. The summed E-state index contributed by atoms with van der Waals surface area (Å²) in [6, 6.07) is 12.2. The Morgan fingerprint density at radius 2 is 1.80 bits per heavy atom. The molecule has 0 spiro atoms. The van der Waals surface area contributed by atoms with E-state index in [2.05, 4.69) is 15.4 Å². The number of amides is 2. The predicted molar refractivity (Wildman–Crippen MR) is 91.2 cm³/mol. The zero-order valence-electron chi connectivity index (χ0n) is 13.0. The number of esters is 1. The van der Waals surface area contributed by atoms with Crippen molar-refractivity contribution in [2.75, 3.05) is 17.7 Å². The third-order valence-corrected chi connectivity index (χ3v) is 3.42. The summed E-state index contributed by atoms with van der Waals surface area (Å²) in [6.45, 7) is 0. The van der Waals surface area contributed by atoms with Gasteiger partial charge in [-0.2, -0.15) is 5.26 Å². The first-order valence-corrected chi connectivity index (χ1v) is 7.32. The molecular weight excluding hydrogens is 346 g/mol. The van der Waals surface area contributed by atoms with Crippen LogP contribution in [0.25, 0.3) is 0 Å². The minimum Gasteiger partial charge on any atom is -0.465 e. The van der Waals surface area contributed by atoms with Gasteiger partial charge in [-0.3, -0.25) is 9.59 Å². The molecule has 0 unspecified atom stereocenters. The molecular formula is C17H12ClN3O4. The van der Waals surface area contributed by atoms with Crippen LogP contribution in [0.4, 0.5) is 11.4 Å². The Balaban J connectivity index is 2.12. The Kier molecular flexibility index (Phi) is 5.71. The number of methoxy groups -OCH3 is 1. The number of rotatable bonds is 3. The monoisotopic (exact) mass is 357 g/mol. The highest BCUT2D eigenvalue weighted by Crippen LogP contribution is 2.23. The molecule has 8 heteroatoms. The van der Waals surface area contributed by atoms with Crippen molar-refractivity contribution in [3.63, 3.8) is 0 Å². The fourth-order valence-corrected chi connectivity index (χ4v) is 2.06. The van der Waals surface area contributed by atoms with Crippen molar-refractivity contribution in [2.45, 2.75) is 0 Å². The van der Waals surface area contributed by atoms with Crippen LogP contribution >= 0.6 is 11.6 Å². The van der Waals surface area contributed by atoms with E-state index < -0.39 is 17.8 Å². The van der Waals surface area contributed by atoms with Crippen molar-refractivity contribution < 1.29 is 19.1 Å². The van der Waals surface area contributed by atoms with Crippen LogP contribution in [0.1, 0.15) is 15.9 Å². The SMILES string of the molecule is COC(=O)c1ccc(Cl)c(NC(=O)C(=O)Nc2cccc(C#N)c2)c1. The lowest BCUT2D eigenvalue weighted by Crippen LogP contribution is -2.29. The van der Waals surface area contributed by atoms with E-state index in [1.807, 2.05) is 6.07 Å². The number of nitrogens with one attached hydrogen (secondary N) is 2. The molecule has 0 radical (unpaired) electrons. The molecule has 0 saturated carbocycles. The second-order valence-corrected chi connectivity index (χ2v) is 5.19. The fraction of sp³-hybridized carbons (Fsp3) is 0.0588. The smallest absolute Gasteiger partial charge is 0.337 e.